The van der Waals surface area contributed by atoms with Crippen molar-refractivity contribution in [3.05, 3.63) is 114 Å². The quantitative estimate of drug-likeness (QED) is 0.406. The predicted molar refractivity (Wildman–Crippen MR) is 134 cm³/mol. The molecule has 0 atom stereocenters. The topological polar surface area (TPSA) is 49.7 Å². The standard InChI is InChI=1S/C27H23B2F3O3/c1-19-2-8-22(9-3-19)28(33)25-14-16-26(17-15-25)35-18-20-4-10-23(11-5-20)29(34)24-12-6-21(7-13-24)27(30,31)32/h2-17,33-34H,18H2,1H3. The van der Waals surface area contributed by atoms with Crippen molar-refractivity contribution in [2.75, 3.05) is 0 Å². The first-order valence-corrected chi connectivity index (χ1v) is 11.1. The Morgan fingerprint density at radius 1 is 0.629 bits per heavy atom. The Hall–Kier alpha value is -3.48. The van der Waals surface area contributed by atoms with Crippen molar-refractivity contribution in [1.29, 1.82) is 0 Å². The molecule has 0 bridgehead atoms. The first kappa shape index (κ1) is 24.6. The van der Waals surface area contributed by atoms with Crippen molar-refractivity contribution >= 4 is 35.7 Å². The molecule has 0 heterocycles. The Morgan fingerprint density at radius 2 is 1.03 bits per heavy atom. The Labute approximate surface area is 203 Å². The van der Waals surface area contributed by atoms with Gasteiger partial charge in [0.2, 0.25) is 0 Å². The predicted octanol–water partition coefficient (Wildman–Crippen LogP) is 2.79. The van der Waals surface area contributed by atoms with Crippen LogP contribution in [0.1, 0.15) is 16.7 Å². The van der Waals surface area contributed by atoms with E-state index < -0.39 is 25.6 Å². The lowest BCUT2D eigenvalue weighted by Crippen LogP contribution is -2.42. The van der Waals surface area contributed by atoms with Gasteiger partial charge in [0, 0.05) is 0 Å². The SMILES string of the molecule is Cc1ccc(B(O)c2ccc(OCc3ccc(B(O)c4ccc(C(F)(F)F)cc4)cc3)cc2)cc1. The number of hydrogen-bond acceptors (Lipinski definition) is 3. The summed E-state index contributed by atoms with van der Waals surface area (Å²) in [5, 5.41) is 21.1. The number of aryl methyl sites for hydroxylation is 1. The van der Waals surface area contributed by atoms with Gasteiger partial charge in [0.15, 0.2) is 0 Å². The summed E-state index contributed by atoms with van der Waals surface area (Å²) in [5.74, 6) is 0.652. The lowest BCUT2D eigenvalue weighted by atomic mass is 9.56. The maximum atomic E-state index is 12.7. The van der Waals surface area contributed by atoms with Crippen molar-refractivity contribution in [2.45, 2.75) is 19.7 Å². The van der Waals surface area contributed by atoms with E-state index >= 15 is 0 Å². The smallest absolute Gasteiger partial charge is 0.416 e. The molecule has 0 saturated carbocycles. The highest BCUT2D eigenvalue weighted by Gasteiger charge is 2.30. The molecular formula is C27H23B2F3O3. The second-order valence-corrected chi connectivity index (χ2v) is 8.43. The van der Waals surface area contributed by atoms with E-state index in [-0.39, 0.29) is 0 Å². The maximum Gasteiger partial charge on any atom is 0.416 e. The third-order valence-corrected chi connectivity index (χ3v) is 5.84. The minimum atomic E-state index is -4.41. The lowest BCUT2D eigenvalue weighted by Gasteiger charge is -2.12. The van der Waals surface area contributed by atoms with Gasteiger partial charge in [-0.3, -0.25) is 0 Å². The molecule has 176 valence electrons. The van der Waals surface area contributed by atoms with Gasteiger partial charge in [-0.25, -0.2) is 0 Å². The maximum absolute atomic E-state index is 12.7. The van der Waals surface area contributed by atoms with Crippen molar-refractivity contribution in [3.8, 4) is 5.75 Å². The average Bonchev–Trinajstić information content (AvgIpc) is 2.87. The highest BCUT2D eigenvalue weighted by atomic mass is 19.4. The van der Waals surface area contributed by atoms with Crippen LogP contribution in [-0.2, 0) is 12.8 Å². The van der Waals surface area contributed by atoms with Crippen LogP contribution < -0.4 is 26.6 Å². The molecule has 0 spiro atoms. The Bertz CT molecular complexity index is 1240. The van der Waals surface area contributed by atoms with E-state index in [9.17, 15) is 23.2 Å². The second kappa shape index (κ2) is 10.4. The van der Waals surface area contributed by atoms with Crippen molar-refractivity contribution in [1.82, 2.24) is 0 Å². The number of benzene rings is 4. The van der Waals surface area contributed by atoms with Crippen LogP contribution in [0.15, 0.2) is 97.1 Å². The van der Waals surface area contributed by atoms with Gasteiger partial charge in [-0.2, -0.15) is 13.2 Å². The van der Waals surface area contributed by atoms with E-state index in [4.69, 9.17) is 4.74 Å². The fourth-order valence-electron chi connectivity index (χ4n) is 3.70. The van der Waals surface area contributed by atoms with Crippen LogP contribution in [0.25, 0.3) is 0 Å². The van der Waals surface area contributed by atoms with E-state index in [1.54, 1.807) is 36.4 Å². The van der Waals surface area contributed by atoms with Crippen LogP contribution in [0.3, 0.4) is 0 Å². The van der Waals surface area contributed by atoms with Crippen molar-refractivity contribution < 1.29 is 28.0 Å². The molecule has 0 aliphatic rings. The minimum absolute atomic E-state index is 0.302. The van der Waals surface area contributed by atoms with Gasteiger partial charge in [0.1, 0.15) is 12.4 Å². The monoisotopic (exact) mass is 474 g/mol. The minimum Gasteiger partial charge on any atom is -0.489 e. The molecule has 0 radical (unpaired) electrons. The van der Waals surface area contributed by atoms with Crippen LogP contribution in [-0.4, -0.2) is 23.9 Å². The summed E-state index contributed by atoms with van der Waals surface area (Å²) in [6, 6.07) is 26.5. The molecule has 0 aromatic heterocycles. The Morgan fingerprint density at radius 3 is 1.49 bits per heavy atom. The summed E-state index contributed by atoms with van der Waals surface area (Å²) in [6.45, 7) is 0.557. The molecule has 8 heteroatoms. The number of hydrogen-bond donors (Lipinski definition) is 2. The number of ether oxygens (including phenoxy) is 1. The van der Waals surface area contributed by atoms with E-state index in [1.807, 2.05) is 43.3 Å². The molecule has 0 unspecified atom stereocenters. The van der Waals surface area contributed by atoms with Gasteiger partial charge in [0.05, 0.1) is 5.56 Å². The zero-order chi connectivity index (χ0) is 25.0. The van der Waals surface area contributed by atoms with Gasteiger partial charge in [-0.15, -0.1) is 0 Å². The van der Waals surface area contributed by atoms with Crippen LogP contribution in [0.2, 0.25) is 0 Å². The fraction of sp³-hybridized carbons (Fsp3) is 0.111. The lowest BCUT2D eigenvalue weighted by molar-refractivity contribution is -0.137. The van der Waals surface area contributed by atoms with Gasteiger partial charge >= 0.3 is 20.0 Å². The molecule has 35 heavy (non-hydrogen) atoms. The highest BCUT2D eigenvalue weighted by Crippen LogP contribution is 2.28. The van der Waals surface area contributed by atoms with Gasteiger partial charge < -0.3 is 14.8 Å². The normalized spacial score (nSPS) is 11.3. The van der Waals surface area contributed by atoms with E-state index in [2.05, 4.69) is 0 Å². The van der Waals surface area contributed by atoms with Crippen molar-refractivity contribution in [2.24, 2.45) is 0 Å². The summed E-state index contributed by atoms with van der Waals surface area (Å²) in [7, 11) is 0. The van der Waals surface area contributed by atoms with Gasteiger partial charge in [-0.05, 0) is 46.5 Å². The summed E-state index contributed by atoms with van der Waals surface area (Å²) < 4.78 is 44.0. The molecule has 4 rings (SSSR count). The van der Waals surface area contributed by atoms with Gasteiger partial charge in [-0.1, -0.05) is 90.5 Å². The summed E-state index contributed by atoms with van der Waals surface area (Å²) >= 11 is 0. The third kappa shape index (κ3) is 6.15. The molecule has 2 N–H and O–H groups in total. The molecule has 0 saturated heterocycles. The van der Waals surface area contributed by atoms with E-state index in [0.29, 0.717) is 23.3 Å². The second-order valence-electron chi connectivity index (χ2n) is 8.43. The van der Waals surface area contributed by atoms with Crippen molar-refractivity contribution in [3.63, 3.8) is 0 Å². The molecule has 4 aromatic carbocycles. The molecule has 4 aromatic rings. The molecule has 0 amide bonds. The zero-order valence-corrected chi connectivity index (χ0v) is 19.0. The van der Waals surface area contributed by atoms with Crippen LogP contribution in [0.5, 0.6) is 5.75 Å². The summed E-state index contributed by atoms with van der Waals surface area (Å²) in [4.78, 5) is 0. The first-order chi connectivity index (χ1) is 16.7. The first-order valence-electron chi connectivity index (χ1n) is 11.1. The largest absolute Gasteiger partial charge is 0.489 e. The van der Waals surface area contributed by atoms with Gasteiger partial charge in [0.25, 0.3) is 0 Å². The van der Waals surface area contributed by atoms with Crippen LogP contribution >= 0.6 is 0 Å². The average molecular weight is 474 g/mol. The molecule has 0 aliphatic carbocycles. The highest BCUT2D eigenvalue weighted by molar-refractivity contribution is 6.79. The third-order valence-electron chi connectivity index (χ3n) is 5.84. The molecule has 3 nitrogen and oxygen atoms in total. The Kier molecular flexibility index (Phi) is 7.34. The molecule has 0 aliphatic heterocycles. The molecular weight excluding hydrogens is 451 g/mol. The zero-order valence-electron chi connectivity index (χ0n) is 19.0. The fourth-order valence-corrected chi connectivity index (χ4v) is 3.70. The summed E-state index contributed by atoms with van der Waals surface area (Å²) in [6.07, 6.45) is -4.41. The number of alkyl halides is 3. The van der Waals surface area contributed by atoms with E-state index in [1.165, 1.54) is 12.1 Å². The number of rotatable bonds is 7. The van der Waals surface area contributed by atoms with Crippen LogP contribution in [0.4, 0.5) is 13.2 Å². The summed E-state index contributed by atoms with van der Waals surface area (Å²) in [5.41, 5.74) is 3.80. The molecule has 0 fully saturated rings. The van der Waals surface area contributed by atoms with Crippen LogP contribution in [0, 0.1) is 6.92 Å². The Balaban J connectivity index is 1.34. The van der Waals surface area contributed by atoms with E-state index in [0.717, 1.165) is 34.2 Å². The number of halogens is 3.